The Morgan fingerprint density at radius 2 is 2.12 bits per heavy atom. The average molecular weight is 362 g/mol. The highest BCUT2D eigenvalue weighted by Crippen LogP contribution is 2.21. The molecule has 3 rings (SSSR count). The molecule has 3 aromatic rings. The van der Waals surface area contributed by atoms with Crippen LogP contribution in [-0.2, 0) is 7.05 Å². The minimum atomic E-state index is -0.696. The second kappa shape index (κ2) is 7.25. The molecule has 1 aromatic carbocycles. The Labute approximate surface area is 150 Å². The minimum absolute atomic E-state index is 0.161. The number of aliphatic hydroxyl groups excluding tert-OH is 1. The first-order valence-electron chi connectivity index (χ1n) is 7.91. The summed E-state index contributed by atoms with van der Waals surface area (Å²) in [6.45, 7) is 4.19. The lowest BCUT2D eigenvalue weighted by Crippen LogP contribution is -2.26. The van der Waals surface area contributed by atoms with Crippen molar-refractivity contribution in [1.82, 2.24) is 19.7 Å². The summed E-state index contributed by atoms with van der Waals surface area (Å²) in [5.41, 5.74) is 1.68. The van der Waals surface area contributed by atoms with Crippen LogP contribution in [-0.4, -0.2) is 44.1 Å². The highest BCUT2D eigenvalue weighted by molar-refractivity contribution is 6.31. The highest BCUT2D eigenvalue weighted by atomic mass is 35.5. The van der Waals surface area contributed by atoms with Gasteiger partial charge in [0.1, 0.15) is 30.1 Å². The van der Waals surface area contributed by atoms with Gasteiger partial charge in [-0.1, -0.05) is 11.6 Å². The number of rotatable bonds is 6. The molecule has 0 spiro atoms. The Kier molecular flexibility index (Phi) is 5.06. The van der Waals surface area contributed by atoms with Crippen molar-refractivity contribution in [2.45, 2.75) is 20.0 Å². The van der Waals surface area contributed by atoms with Crippen LogP contribution in [0.25, 0.3) is 11.0 Å². The van der Waals surface area contributed by atoms with E-state index in [0.29, 0.717) is 29.0 Å². The molecule has 0 amide bonds. The zero-order valence-corrected chi connectivity index (χ0v) is 15.1. The molecule has 25 heavy (non-hydrogen) atoms. The summed E-state index contributed by atoms with van der Waals surface area (Å²) in [6.07, 6.45) is 1.01. The van der Waals surface area contributed by atoms with Crippen LogP contribution in [0.2, 0.25) is 5.02 Å². The number of aliphatic hydroxyl groups is 1. The van der Waals surface area contributed by atoms with E-state index >= 15 is 0 Å². The molecule has 8 heteroatoms. The third kappa shape index (κ3) is 4.00. The Bertz CT molecular complexity index is 896. The number of halogens is 1. The molecule has 1 atom stereocenters. The van der Waals surface area contributed by atoms with Crippen molar-refractivity contribution in [3.8, 4) is 5.75 Å². The lowest BCUT2D eigenvalue weighted by Gasteiger charge is -2.14. The fourth-order valence-electron chi connectivity index (χ4n) is 2.44. The number of nitrogens with zero attached hydrogens (tertiary/aromatic N) is 4. The first kappa shape index (κ1) is 17.4. The van der Waals surface area contributed by atoms with Crippen LogP contribution in [0.1, 0.15) is 11.4 Å². The molecule has 0 saturated heterocycles. The molecule has 2 N–H and O–H groups in total. The van der Waals surface area contributed by atoms with Crippen LogP contribution in [0, 0.1) is 13.8 Å². The number of ether oxygens (including phenoxy) is 1. The van der Waals surface area contributed by atoms with Crippen LogP contribution in [0.15, 0.2) is 24.4 Å². The van der Waals surface area contributed by atoms with E-state index in [-0.39, 0.29) is 6.61 Å². The smallest absolute Gasteiger partial charge is 0.163 e. The number of aryl methyl sites for hydroxylation is 3. The van der Waals surface area contributed by atoms with E-state index in [1.54, 1.807) is 23.0 Å². The summed E-state index contributed by atoms with van der Waals surface area (Å²) in [7, 11) is 1.83. The van der Waals surface area contributed by atoms with Crippen molar-refractivity contribution in [3.05, 3.63) is 40.8 Å². The van der Waals surface area contributed by atoms with Gasteiger partial charge in [-0.3, -0.25) is 4.68 Å². The van der Waals surface area contributed by atoms with Gasteiger partial charge in [0.15, 0.2) is 5.65 Å². The lowest BCUT2D eigenvalue weighted by molar-refractivity contribution is 0.117. The fourth-order valence-corrected chi connectivity index (χ4v) is 2.56. The molecular weight excluding hydrogens is 342 g/mol. The van der Waals surface area contributed by atoms with Crippen molar-refractivity contribution in [1.29, 1.82) is 0 Å². The molecule has 0 radical (unpaired) electrons. The van der Waals surface area contributed by atoms with Gasteiger partial charge in [0.05, 0.1) is 11.6 Å². The Hall–Kier alpha value is -2.38. The van der Waals surface area contributed by atoms with Crippen LogP contribution in [0.5, 0.6) is 5.75 Å². The number of anilines is 1. The first-order chi connectivity index (χ1) is 11.9. The van der Waals surface area contributed by atoms with Gasteiger partial charge in [-0.25, -0.2) is 9.97 Å². The standard InChI is InChI=1S/C17H20ClN5O2/c1-10-6-13(4-5-15(10)18)25-9-12(24)7-19-16-14-8-20-23(3)17(14)22-11(2)21-16/h4-6,8,12,24H,7,9H2,1-3H3,(H,19,21,22)/t12-/m0/s1. The number of aromatic nitrogens is 4. The second-order valence-corrected chi connectivity index (χ2v) is 6.29. The van der Waals surface area contributed by atoms with Gasteiger partial charge in [0, 0.05) is 18.6 Å². The topological polar surface area (TPSA) is 85.1 Å². The molecule has 0 aliphatic rings. The molecule has 0 saturated carbocycles. The summed E-state index contributed by atoms with van der Waals surface area (Å²) < 4.78 is 7.30. The summed E-state index contributed by atoms with van der Waals surface area (Å²) in [5, 5.41) is 19.0. The number of fused-ring (bicyclic) bond motifs is 1. The lowest BCUT2D eigenvalue weighted by atomic mass is 10.2. The van der Waals surface area contributed by atoms with Gasteiger partial charge in [0.2, 0.25) is 0 Å². The van der Waals surface area contributed by atoms with Crippen LogP contribution < -0.4 is 10.1 Å². The zero-order chi connectivity index (χ0) is 18.0. The molecule has 7 nitrogen and oxygen atoms in total. The van der Waals surface area contributed by atoms with Crippen molar-refractivity contribution in [2.75, 3.05) is 18.5 Å². The number of benzene rings is 1. The number of hydrogen-bond donors (Lipinski definition) is 2. The van der Waals surface area contributed by atoms with Gasteiger partial charge in [-0.15, -0.1) is 0 Å². The third-order valence-electron chi connectivity index (χ3n) is 3.78. The predicted octanol–water partition coefficient (Wildman–Crippen LogP) is 2.49. The van der Waals surface area contributed by atoms with Crippen LogP contribution in [0.4, 0.5) is 5.82 Å². The fraction of sp³-hybridized carbons (Fsp3) is 0.353. The monoisotopic (exact) mass is 361 g/mol. The van der Waals surface area contributed by atoms with Crippen molar-refractivity contribution >= 4 is 28.5 Å². The molecule has 0 fully saturated rings. The maximum Gasteiger partial charge on any atom is 0.163 e. The van der Waals surface area contributed by atoms with Gasteiger partial charge in [-0.2, -0.15) is 5.10 Å². The maximum absolute atomic E-state index is 10.2. The average Bonchev–Trinajstić information content (AvgIpc) is 2.95. The Morgan fingerprint density at radius 1 is 1.32 bits per heavy atom. The van der Waals surface area contributed by atoms with Gasteiger partial charge in [0.25, 0.3) is 0 Å². The third-order valence-corrected chi connectivity index (χ3v) is 4.20. The van der Waals surface area contributed by atoms with Gasteiger partial charge in [-0.05, 0) is 37.6 Å². The number of nitrogens with one attached hydrogen (secondary N) is 1. The maximum atomic E-state index is 10.2. The predicted molar refractivity (Wildman–Crippen MR) is 97.2 cm³/mol. The van der Waals surface area contributed by atoms with Gasteiger partial charge < -0.3 is 15.2 Å². The van der Waals surface area contributed by atoms with Crippen LogP contribution in [0.3, 0.4) is 0 Å². The molecule has 0 aliphatic heterocycles. The summed E-state index contributed by atoms with van der Waals surface area (Å²) in [5.74, 6) is 1.96. The molecule has 0 unspecified atom stereocenters. The number of hydrogen-bond acceptors (Lipinski definition) is 6. The Morgan fingerprint density at radius 3 is 2.88 bits per heavy atom. The normalized spacial score (nSPS) is 12.4. The minimum Gasteiger partial charge on any atom is -0.491 e. The molecule has 0 aliphatic carbocycles. The largest absolute Gasteiger partial charge is 0.491 e. The quantitative estimate of drug-likeness (QED) is 0.701. The van der Waals surface area contributed by atoms with E-state index in [0.717, 1.165) is 16.6 Å². The van der Waals surface area contributed by atoms with E-state index < -0.39 is 6.10 Å². The van der Waals surface area contributed by atoms with E-state index in [1.165, 1.54) is 0 Å². The summed E-state index contributed by atoms with van der Waals surface area (Å²) >= 11 is 5.99. The van der Waals surface area contributed by atoms with E-state index in [1.807, 2.05) is 27.0 Å². The van der Waals surface area contributed by atoms with E-state index in [2.05, 4.69) is 20.4 Å². The summed E-state index contributed by atoms with van der Waals surface area (Å²) in [6, 6.07) is 5.40. The first-order valence-corrected chi connectivity index (χ1v) is 8.29. The molecule has 132 valence electrons. The Balaban J connectivity index is 1.60. The van der Waals surface area contributed by atoms with Crippen molar-refractivity contribution in [3.63, 3.8) is 0 Å². The summed E-state index contributed by atoms with van der Waals surface area (Å²) in [4.78, 5) is 8.75. The van der Waals surface area contributed by atoms with Crippen molar-refractivity contribution in [2.24, 2.45) is 7.05 Å². The molecule has 2 heterocycles. The molecular formula is C17H20ClN5O2. The van der Waals surface area contributed by atoms with Crippen molar-refractivity contribution < 1.29 is 9.84 Å². The molecule has 2 aromatic heterocycles. The van der Waals surface area contributed by atoms with Crippen LogP contribution >= 0.6 is 11.6 Å². The molecule has 0 bridgehead atoms. The zero-order valence-electron chi connectivity index (χ0n) is 14.3. The van der Waals surface area contributed by atoms with Gasteiger partial charge >= 0.3 is 0 Å². The highest BCUT2D eigenvalue weighted by Gasteiger charge is 2.12. The van der Waals surface area contributed by atoms with E-state index in [9.17, 15) is 5.11 Å². The van der Waals surface area contributed by atoms with E-state index in [4.69, 9.17) is 16.3 Å². The second-order valence-electron chi connectivity index (χ2n) is 5.88. The SMILES string of the molecule is Cc1nc(NC[C@H](O)COc2ccc(Cl)c(C)c2)c2cnn(C)c2n1.